The first-order valence-electron chi connectivity index (χ1n) is 5.17. The summed E-state index contributed by atoms with van der Waals surface area (Å²) in [6.07, 6.45) is 4.52. The van der Waals surface area contributed by atoms with E-state index in [1.165, 1.54) is 22.7 Å². The van der Waals surface area contributed by atoms with Crippen LogP contribution in [-0.2, 0) is 0 Å². The Morgan fingerprint density at radius 1 is 1.71 bits per heavy atom. The molecule has 0 spiro atoms. The lowest BCUT2D eigenvalue weighted by molar-refractivity contribution is 0.642. The maximum atomic E-state index is 4.48. The predicted molar refractivity (Wildman–Crippen MR) is 59.6 cm³/mol. The van der Waals surface area contributed by atoms with E-state index in [0.29, 0.717) is 12.1 Å². The molecule has 78 valence electrons. The molecule has 0 aliphatic carbocycles. The Bertz CT molecular complexity index is 291. The number of nitrogens with one attached hydrogen (secondary N) is 2. The minimum atomic E-state index is 0.419. The van der Waals surface area contributed by atoms with Crippen molar-refractivity contribution in [3.05, 3.63) is 16.1 Å². The minimum Gasteiger partial charge on any atom is -0.312 e. The van der Waals surface area contributed by atoms with Crippen molar-refractivity contribution in [1.82, 2.24) is 15.6 Å². The predicted octanol–water partition coefficient (Wildman–Crippen LogP) is 1.85. The molecular formula is C10H17N3S. The molecule has 4 heteroatoms. The maximum Gasteiger partial charge on any atom is 0.110 e. The fourth-order valence-electron chi connectivity index (χ4n) is 1.70. The van der Waals surface area contributed by atoms with Crippen LogP contribution in [0.15, 0.2) is 6.20 Å². The van der Waals surface area contributed by atoms with Crippen LogP contribution in [0, 0.1) is 0 Å². The maximum absolute atomic E-state index is 4.48. The number of nitrogens with zero attached hydrogens (tertiary/aromatic N) is 1. The molecule has 2 unspecified atom stereocenters. The van der Waals surface area contributed by atoms with E-state index in [-0.39, 0.29) is 0 Å². The zero-order chi connectivity index (χ0) is 9.97. The van der Waals surface area contributed by atoms with Crippen LogP contribution >= 0.6 is 11.3 Å². The third-order valence-corrected chi connectivity index (χ3v) is 4.05. The van der Waals surface area contributed by atoms with Gasteiger partial charge in [0, 0.05) is 17.1 Å². The number of hydrogen-bond donors (Lipinski definition) is 2. The first-order valence-corrected chi connectivity index (χ1v) is 5.99. The molecule has 0 aromatic carbocycles. The minimum absolute atomic E-state index is 0.419. The monoisotopic (exact) mass is 211 g/mol. The summed E-state index contributed by atoms with van der Waals surface area (Å²) in [4.78, 5) is 5.81. The standard InChI is InChI=1S/C10H17N3S/c1-7(11-2)9-6-13-10(14-9)8-4-3-5-12-8/h6-8,11-12H,3-5H2,1-2H3. The molecule has 0 radical (unpaired) electrons. The van der Waals surface area contributed by atoms with Crippen LogP contribution in [0.2, 0.25) is 0 Å². The quantitative estimate of drug-likeness (QED) is 0.801. The van der Waals surface area contributed by atoms with Crippen LogP contribution in [0.4, 0.5) is 0 Å². The van der Waals surface area contributed by atoms with Crippen LogP contribution in [0.3, 0.4) is 0 Å². The highest BCUT2D eigenvalue weighted by Crippen LogP contribution is 2.29. The number of thiazole rings is 1. The zero-order valence-electron chi connectivity index (χ0n) is 8.71. The summed E-state index contributed by atoms with van der Waals surface area (Å²) in [5, 5.41) is 7.96. The van der Waals surface area contributed by atoms with Gasteiger partial charge in [-0.1, -0.05) is 0 Å². The van der Waals surface area contributed by atoms with E-state index in [2.05, 4.69) is 22.5 Å². The van der Waals surface area contributed by atoms with Crippen molar-refractivity contribution < 1.29 is 0 Å². The first kappa shape index (κ1) is 10.1. The highest BCUT2D eigenvalue weighted by molar-refractivity contribution is 7.11. The van der Waals surface area contributed by atoms with Crippen molar-refractivity contribution in [2.45, 2.75) is 31.8 Å². The molecule has 1 fully saturated rings. The van der Waals surface area contributed by atoms with Gasteiger partial charge in [0.2, 0.25) is 0 Å². The van der Waals surface area contributed by atoms with E-state index in [1.807, 2.05) is 24.6 Å². The molecule has 0 saturated carbocycles. The third kappa shape index (κ3) is 1.97. The van der Waals surface area contributed by atoms with Gasteiger partial charge in [0.15, 0.2) is 0 Å². The van der Waals surface area contributed by atoms with Gasteiger partial charge in [0.05, 0.1) is 6.04 Å². The van der Waals surface area contributed by atoms with Crippen LogP contribution in [0.1, 0.15) is 41.7 Å². The SMILES string of the molecule is CNC(C)c1cnc(C2CCCN2)s1. The van der Waals surface area contributed by atoms with Crippen molar-refractivity contribution in [3.63, 3.8) is 0 Å². The molecule has 1 saturated heterocycles. The van der Waals surface area contributed by atoms with Crippen molar-refractivity contribution in [2.24, 2.45) is 0 Å². The summed E-state index contributed by atoms with van der Waals surface area (Å²) in [7, 11) is 1.98. The van der Waals surface area contributed by atoms with E-state index < -0.39 is 0 Å². The Balaban J connectivity index is 2.08. The van der Waals surface area contributed by atoms with Gasteiger partial charge in [0.1, 0.15) is 5.01 Å². The molecule has 14 heavy (non-hydrogen) atoms. The number of hydrogen-bond acceptors (Lipinski definition) is 4. The zero-order valence-corrected chi connectivity index (χ0v) is 9.53. The molecular weight excluding hydrogens is 194 g/mol. The van der Waals surface area contributed by atoms with Gasteiger partial charge in [-0.05, 0) is 33.4 Å². The molecule has 2 N–H and O–H groups in total. The van der Waals surface area contributed by atoms with Crippen molar-refractivity contribution in [2.75, 3.05) is 13.6 Å². The van der Waals surface area contributed by atoms with Crippen molar-refractivity contribution >= 4 is 11.3 Å². The summed E-state index contributed by atoms with van der Waals surface area (Å²) in [6, 6.07) is 0.931. The van der Waals surface area contributed by atoms with Crippen LogP contribution in [0.5, 0.6) is 0 Å². The normalized spacial score (nSPS) is 24.0. The van der Waals surface area contributed by atoms with E-state index in [1.54, 1.807) is 0 Å². The Labute approximate surface area is 88.9 Å². The number of rotatable bonds is 3. The van der Waals surface area contributed by atoms with Gasteiger partial charge in [-0.3, -0.25) is 0 Å². The molecule has 1 aliphatic heterocycles. The average Bonchev–Trinajstić information content (AvgIpc) is 2.86. The largest absolute Gasteiger partial charge is 0.312 e. The molecule has 1 aromatic heterocycles. The van der Waals surface area contributed by atoms with E-state index in [9.17, 15) is 0 Å². The topological polar surface area (TPSA) is 37.0 Å². The second kappa shape index (κ2) is 4.38. The lowest BCUT2D eigenvalue weighted by atomic mass is 10.2. The first-order chi connectivity index (χ1) is 6.81. The second-order valence-electron chi connectivity index (χ2n) is 3.76. The Kier molecular flexibility index (Phi) is 3.15. The summed E-state index contributed by atoms with van der Waals surface area (Å²) in [5.41, 5.74) is 0. The molecule has 2 atom stereocenters. The Hall–Kier alpha value is -0.450. The van der Waals surface area contributed by atoms with Gasteiger partial charge in [-0.25, -0.2) is 4.98 Å². The fraction of sp³-hybridized carbons (Fsp3) is 0.700. The molecule has 2 heterocycles. The molecule has 1 aliphatic rings. The molecule has 3 nitrogen and oxygen atoms in total. The Morgan fingerprint density at radius 3 is 3.21 bits per heavy atom. The van der Waals surface area contributed by atoms with Gasteiger partial charge in [-0.2, -0.15) is 0 Å². The van der Waals surface area contributed by atoms with Gasteiger partial charge >= 0.3 is 0 Å². The van der Waals surface area contributed by atoms with Gasteiger partial charge in [0.25, 0.3) is 0 Å². The fourth-order valence-corrected chi connectivity index (χ4v) is 2.79. The van der Waals surface area contributed by atoms with E-state index in [4.69, 9.17) is 0 Å². The van der Waals surface area contributed by atoms with Gasteiger partial charge < -0.3 is 10.6 Å². The third-order valence-electron chi connectivity index (χ3n) is 2.76. The molecule has 1 aromatic rings. The summed E-state index contributed by atoms with van der Waals surface area (Å²) >= 11 is 1.83. The highest BCUT2D eigenvalue weighted by atomic mass is 32.1. The van der Waals surface area contributed by atoms with Crippen molar-refractivity contribution in [1.29, 1.82) is 0 Å². The smallest absolute Gasteiger partial charge is 0.110 e. The lowest BCUT2D eigenvalue weighted by Gasteiger charge is -2.06. The van der Waals surface area contributed by atoms with Crippen LogP contribution in [-0.4, -0.2) is 18.6 Å². The molecule has 0 amide bonds. The lowest BCUT2D eigenvalue weighted by Crippen LogP contribution is -2.12. The van der Waals surface area contributed by atoms with Crippen molar-refractivity contribution in [3.8, 4) is 0 Å². The van der Waals surface area contributed by atoms with Gasteiger partial charge in [-0.15, -0.1) is 11.3 Å². The van der Waals surface area contributed by atoms with Crippen LogP contribution in [0.25, 0.3) is 0 Å². The van der Waals surface area contributed by atoms with E-state index >= 15 is 0 Å². The summed E-state index contributed by atoms with van der Waals surface area (Å²) < 4.78 is 0. The Morgan fingerprint density at radius 2 is 2.57 bits per heavy atom. The highest BCUT2D eigenvalue weighted by Gasteiger charge is 2.20. The van der Waals surface area contributed by atoms with E-state index in [0.717, 1.165) is 6.54 Å². The summed E-state index contributed by atoms with van der Waals surface area (Å²) in [6.45, 7) is 3.31. The molecule has 0 bridgehead atoms. The number of aromatic nitrogens is 1. The molecule has 2 rings (SSSR count). The second-order valence-corrected chi connectivity index (χ2v) is 4.85. The summed E-state index contributed by atoms with van der Waals surface area (Å²) in [5.74, 6) is 0. The average molecular weight is 211 g/mol. The van der Waals surface area contributed by atoms with Crippen LogP contribution < -0.4 is 10.6 Å².